The standard InChI is InChI=1S/C20H22N2O5S/c1-12-6-2-4-8-14(12)21-19(26)18-13-7-3-5-9-15(13)28-20(18)22-16(23)10-27-11-17(24)25/h2,4,6,8H,3,5,7,9-11H2,1H3,(H,21,26)(H,22,23)(H,24,25). The molecule has 7 nitrogen and oxygen atoms in total. The third-order valence-electron chi connectivity index (χ3n) is 4.50. The van der Waals surface area contributed by atoms with Gasteiger partial charge in [0, 0.05) is 10.6 Å². The zero-order valence-corrected chi connectivity index (χ0v) is 16.4. The van der Waals surface area contributed by atoms with Crippen molar-refractivity contribution in [1.82, 2.24) is 0 Å². The summed E-state index contributed by atoms with van der Waals surface area (Å²) < 4.78 is 4.84. The van der Waals surface area contributed by atoms with Gasteiger partial charge in [0.1, 0.15) is 18.2 Å². The van der Waals surface area contributed by atoms with Crippen molar-refractivity contribution in [3.05, 3.63) is 45.8 Å². The number of amides is 2. The van der Waals surface area contributed by atoms with Crippen LogP contribution in [0.2, 0.25) is 0 Å². The first-order valence-corrected chi connectivity index (χ1v) is 9.88. The van der Waals surface area contributed by atoms with Crippen LogP contribution >= 0.6 is 11.3 Å². The van der Waals surface area contributed by atoms with Crippen molar-refractivity contribution in [2.24, 2.45) is 0 Å². The maximum atomic E-state index is 13.0. The van der Waals surface area contributed by atoms with Crippen molar-refractivity contribution in [2.45, 2.75) is 32.6 Å². The minimum Gasteiger partial charge on any atom is -0.480 e. The third kappa shape index (κ3) is 4.76. The van der Waals surface area contributed by atoms with Gasteiger partial charge in [-0.3, -0.25) is 9.59 Å². The number of aliphatic carboxylic acids is 1. The van der Waals surface area contributed by atoms with Gasteiger partial charge in [0.2, 0.25) is 0 Å². The molecule has 2 aromatic rings. The number of thiophene rings is 1. The van der Waals surface area contributed by atoms with E-state index in [-0.39, 0.29) is 12.5 Å². The average molecular weight is 402 g/mol. The molecule has 1 heterocycles. The molecular formula is C20H22N2O5S. The molecule has 0 atom stereocenters. The largest absolute Gasteiger partial charge is 0.480 e. The Balaban J connectivity index is 1.81. The summed E-state index contributed by atoms with van der Waals surface area (Å²) in [6.07, 6.45) is 3.74. The number of hydrogen-bond donors (Lipinski definition) is 3. The highest BCUT2D eigenvalue weighted by Crippen LogP contribution is 2.38. The minimum atomic E-state index is -1.14. The van der Waals surface area contributed by atoms with Crippen molar-refractivity contribution in [3.63, 3.8) is 0 Å². The second-order valence-corrected chi connectivity index (χ2v) is 7.72. The number of carbonyl (C=O) groups excluding carboxylic acids is 2. The number of benzene rings is 1. The van der Waals surface area contributed by atoms with E-state index in [0.29, 0.717) is 10.6 Å². The van der Waals surface area contributed by atoms with E-state index >= 15 is 0 Å². The molecule has 0 saturated heterocycles. The van der Waals surface area contributed by atoms with Crippen LogP contribution in [0.25, 0.3) is 0 Å². The molecule has 0 unspecified atom stereocenters. The summed E-state index contributed by atoms with van der Waals surface area (Å²) in [4.78, 5) is 36.8. The second-order valence-electron chi connectivity index (χ2n) is 6.62. The highest BCUT2D eigenvalue weighted by atomic mass is 32.1. The zero-order chi connectivity index (χ0) is 20.1. The molecule has 0 bridgehead atoms. The van der Waals surface area contributed by atoms with Crippen LogP contribution in [-0.4, -0.2) is 36.1 Å². The summed E-state index contributed by atoms with van der Waals surface area (Å²) in [5, 5.41) is 14.8. The molecule has 0 saturated carbocycles. The van der Waals surface area contributed by atoms with Crippen LogP contribution in [-0.2, 0) is 27.2 Å². The Morgan fingerprint density at radius 3 is 2.61 bits per heavy atom. The zero-order valence-electron chi connectivity index (χ0n) is 15.5. The summed E-state index contributed by atoms with van der Waals surface area (Å²) in [5.74, 6) is -1.88. The van der Waals surface area contributed by atoms with Crippen molar-refractivity contribution < 1.29 is 24.2 Å². The highest BCUT2D eigenvalue weighted by molar-refractivity contribution is 7.17. The Hall–Kier alpha value is -2.71. The highest BCUT2D eigenvalue weighted by Gasteiger charge is 2.26. The number of anilines is 2. The SMILES string of the molecule is Cc1ccccc1NC(=O)c1c(NC(=O)COCC(=O)O)sc2c1CCCC2. The van der Waals surface area contributed by atoms with Gasteiger partial charge < -0.3 is 20.5 Å². The van der Waals surface area contributed by atoms with Crippen LogP contribution in [0.4, 0.5) is 10.7 Å². The van der Waals surface area contributed by atoms with Crippen LogP contribution in [0.15, 0.2) is 24.3 Å². The summed E-state index contributed by atoms with van der Waals surface area (Å²) in [5.41, 5.74) is 3.16. The van der Waals surface area contributed by atoms with Crippen LogP contribution in [0, 0.1) is 6.92 Å². The molecule has 0 aliphatic heterocycles. The van der Waals surface area contributed by atoms with Gasteiger partial charge in [-0.05, 0) is 49.8 Å². The molecule has 3 N–H and O–H groups in total. The van der Waals surface area contributed by atoms with Crippen molar-refractivity contribution >= 4 is 39.8 Å². The van der Waals surface area contributed by atoms with Gasteiger partial charge in [0.15, 0.2) is 0 Å². The maximum Gasteiger partial charge on any atom is 0.329 e. The van der Waals surface area contributed by atoms with Crippen LogP contribution in [0.1, 0.15) is 39.2 Å². The topological polar surface area (TPSA) is 105 Å². The average Bonchev–Trinajstić information content (AvgIpc) is 3.01. The fourth-order valence-corrected chi connectivity index (χ4v) is 4.49. The number of carboxylic acid groups (broad SMARTS) is 1. The van der Waals surface area contributed by atoms with Gasteiger partial charge in [-0.1, -0.05) is 18.2 Å². The Kier molecular flexibility index (Phi) is 6.43. The summed E-state index contributed by atoms with van der Waals surface area (Å²) in [6, 6.07) is 7.51. The van der Waals surface area contributed by atoms with Gasteiger partial charge in [-0.15, -0.1) is 11.3 Å². The molecule has 0 fully saturated rings. The molecule has 1 aliphatic rings. The summed E-state index contributed by atoms with van der Waals surface area (Å²) >= 11 is 1.41. The molecule has 8 heteroatoms. The van der Waals surface area contributed by atoms with Crippen LogP contribution < -0.4 is 10.6 Å². The molecule has 148 valence electrons. The molecule has 1 aliphatic carbocycles. The number of carbonyl (C=O) groups is 3. The molecule has 0 radical (unpaired) electrons. The molecule has 28 heavy (non-hydrogen) atoms. The van der Waals surface area contributed by atoms with Gasteiger partial charge in [-0.25, -0.2) is 4.79 Å². The summed E-state index contributed by atoms with van der Waals surface area (Å²) in [7, 11) is 0. The third-order valence-corrected chi connectivity index (χ3v) is 5.71. The number of para-hydroxylation sites is 1. The number of hydrogen-bond acceptors (Lipinski definition) is 5. The number of ether oxygens (including phenoxy) is 1. The van der Waals surface area contributed by atoms with E-state index in [4.69, 9.17) is 9.84 Å². The fraction of sp³-hybridized carbons (Fsp3) is 0.350. The molecular weight excluding hydrogens is 380 g/mol. The van der Waals surface area contributed by atoms with Crippen molar-refractivity contribution in [1.29, 1.82) is 0 Å². The smallest absolute Gasteiger partial charge is 0.329 e. The lowest BCUT2D eigenvalue weighted by atomic mass is 9.95. The first kappa shape index (κ1) is 20.0. The summed E-state index contributed by atoms with van der Waals surface area (Å²) in [6.45, 7) is 0.990. The monoisotopic (exact) mass is 402 g/mol. The molecule has 2 amide bonds. The second kappa shape index (κ2) is 8.99. The van der Waals surface area contributed by atoms with Gasteiger partial charge >= 0.3 is 5.97 Å². The first-order valence-electron chi connectivity index (χ1n) is 9.06. The lowest BCUT2D eigenvalue weighted by Crippen LogP contribution is -2.22. The predicted molar refractivity (Wildman–Crippen MR) is 107 cm³/mol. The first-order chi connectivity index (χ1) is 13.5. The minimum absolute atomic E-state index is 0.254. The number of aryl methyl sites for hydroxylation is 2. The van der Waals surface area contributed by atoms with E-state index in [0.717, 1.165) is 47.4 Å². The Morgan fingerprint density at radius 2 is 1.86 bits per heavy atom. The van der Waals surface area contributed by atoms with E-state index in [1.54, 1.807) is 0 Å². The Morgan fingerprint density at radius 1 is 1.11 bits per heavy atom. The van der Waals surface area contributed by atoms with E-state index in [9.17, 15) is 14.4 Å². The molecule has 1 aromatic carbocycles. The lowest BCUT2D eigenvalue weighted by Gasteiger charge is -2.14. The van der Waals surface area contributed by atoms with Crippen molar-refractivity contribution in [3.8, 4) is 0 Å². The number of rotatable bonds is 7. The number of carboxylic acids is 1. The fourth-order valence-electron chi connectivity index (χ4n) is 3.19. The number of nitrogens with one attached hydrogen (secondary N) is 2. The van der Waals surface area contributed by atoms with E-state index in [2.05, 4.69) is 10.6 Å². The van der Waals surface area contributed by atoms with E-state index < -0.39 is 18.5 Å². The van der Waals surface area contributed by atoms with Gasteiger partial charge in [0.05, 0.1) is 5.56 Å². The molecule has 0 spiro atoms. The Labute approximate surface area is 166 Å². The Bertz CT molecular complexity index is 906. The molecule has 1 aromatic heterocycles. The number of fused-ring (bicyclic) bond motifs is 1. The maximum absolute atomic E-state index is 13.0. The van der Waals surface area contributed by atoms with Gasteiger partial charge in [0.25, 0.3) is 11.8 Å². The molecule has 3 rings (SSSR count). The van der Waals surface area contributed by atoms with E-state index in [1.165, 1.54) is 11.3 Å². The predicted octanol–water partition coefficient (Wildman–Crippen LogP) is 3.23. The van der Waals surface area contributed by atoms with Crippen LogP contribution in [0.5, 0.6) is 0 Å². The van der Waals surface area contributed by atoms with Crippen molar-refractivity contribution in [2.75, 3.05) is 23.8 Å². The van der Waals surface area contributed by atoms with Crippen LogP contribution in [0.3, 0.4) is 0 Å². The lowest BCUT2D eigenvalue weighted by molar-refractivity contribution is -0.143. The quantitative estimate of drug-likeness (QED) is 0.660. The van der Waals surface area contributed by atoms with Gasteiger partial charge in [-0.2, -0.15) is 0 Å². The normalized spacial score (nSPS) is 12.9. The van der Waals surface area contributed by atoms with E-state index in [1.807, 2.05) is 31.2 Å².